The Kier molecular flexibility index (Phi) is 4.12. The van der Waals surface area contributed by atoms with Crippen molar-refractivity contribution in [3.8, 4) is 5.75 Å². The Balaban J connectivity index is 2.78. The summed E-state index contributed by atoms with van der Waals surface area (Å²) >= 11 is 0. The number of hydrogen-bond donors (Lipinski definition) is 2. The summed E-state index contributed by atoms with van der Waals surface area (Å²) in [6, 6.07) is 7.13. The summed E-state index contributed by atoms with van der Waals surface area (Å²) in [5.74, 6) is 0.951. The zero-order chi connectivity index (χ0) is 11.4. The molecule has 3 heteroatoms. The average Bonchev–Trinajstić information content (AvgIpc) is 2.27. The molecule has 0 saturated carbocycles. The lowest BCUT2D eigenvalue weighted by Gasteiger charge is -2.22. The van der Waals surface area contributed by atoms with Gasteiger partial charge in [-0.1, -0.05) is 26.0 Å². The summed E-state index contributed by atoms with van der Waals surface area (Å²) in [5, 5.41) is 9.82. The van der Waals surface area contributed by atoms with Gasteiger partial charge in [-0.25, -0.2) is 0 Å². The van der Waals surface area contributed by atoms with Crippen LogP contribution in [-0.4, -0.2) is 18.3 Å². The summed E-state index contributed by atoms with van der Waals surface area (Å²) in [4.78, 5) is 0. The summed E-state index contributed by atoms with van der Waals surface area (Å²) < 4.78 is 5.05. The molecule has 1 aromatic rings. The molecule has 3 N–H and O–H groups in total. The summed E-state index contributed by atoms with van der Waals surface area (Å²) in [6.07, 6.45) is -0.515. The van der Waals surface area contributed by atoms with Crippen LogP contribution in [0.2, 0.25) is 0 Å². The lowest BCUT2D eigenvalue weighted by atomic mass is 9.94. The predicted octanol–water partition coefficient (Wildman–Crippen LogP) is 1.71. The molecule has 0 fully saturated rings. The molecule has 0 amide bonds. The van der Waals surface area contributed by atoms with Crippen LogP contribution in [-0.2, 0) is 0 Å². The third-order valence-corrected chi connectivity index (χ3v) is 2.55. The molecule has 3 nitrogen and oxygen atoms in total. The Bertz CT molecular complexity index is 295. The predicted molar refractivity (Wildman–Crippen MR) is 60.8 cm³/mol. The molecule has 0 aliphatic heterocycles. The summed E-state index contributed by atoms with van der Waals surface area (Å²) in [7, 11) is 1.62. The Hall–Kier alpha value is -1.06. The molecule has 0 spiro atoms. The molecule has 0 bridgehead atoms. The zero-order valence-electron chi connectivity index (χ0n) is 9.47. The van der Waals surface area contributed by atoms with E-state index < -0.39 is 6.10 Å². The van der Waals surface area contributed by atoms with Gasteiger partial charge in [0.15, 0.2) is 0 Å². The number of aliphatic hydroxyl groups excluding tert-OH is 1. The van der Waals surface area contributed by atoms with Crippen molar-refractivity contribution < 1.29 is 9.84 Å². The van der Waals surface area contributed by atoms with Gasteiger partial charge in [-0.3, -0.25) is 0 Å². The smallest absolute Gasteiger partial charge is 0.118 e. The van der Waals surface area contributed by atoms with Crippen LogP contribution in [0.1, 0.15) is 25.5 Å². The lowest BCUT2D eigenvalue weighted by Crippen LogP contribution is -2.30. The van der Waals surface area contributed by atoms with Gasteiger partial charge in [0.25, 0.3) is 0 Å². The van der Waals surface area contributed by atoms with Gasteiger partial charge in [-0.15, -0.1) is 0 Å². The van der Waals surface area contributed by atoms with E-state index in [0.717, 1.165) is 11.3 Å². The van der Waals surface area contributed by atoms with Crippen LogP contribution in [0.4, 0.5) is 0 Å². The molecule has 0 unspecified atom stereocenters. The van der Waals surface area contributed by atoms with Crippen LogP contribution in [0.15, 0.2) is 24.3 Å². The molecule has 1 aromatic carbocycles. The van der Waals surface area contributed by atoms with Crippen LogP contribution in [0.5, 0.6) is 5.75 Å². The van der Waals surface area contributed by atoms with Crippen molar-refractivity contribution in [2.75, 3.05) is 7.11 Å². The quantitative estimate of drug-likeness (QED) is 0.793. The number of ether oxygens (including phenoxy) is 1. The normalized spacial score (nSPS) is 15.1. The maximum atomic E-state index is 9.82. The first-order valence-electron chi connectivity index (χ1n) is 5.14. The third kappa shape index (κ3) is 2.94. The maximum Gasteiger partial charge on any atom is 0.118 e. The third-order valence-electron chi connectivity index (χ3n) is 2.55. The second-order valence-corrected chi connectivity index (χ2v) is 4.03. The second-order valence-electron chi connectivity index (χ2n) is 4.03. The Morgan fingerprint density at radius 1 is 1.20 bits per heavy atom. The number of nitrogens with two attached hydrogens (primary N) is 1. The highest BCUT2D eigenvalue weighted by molar-refractivity contribution is 5.29. The monoisotopic (exact) mass is 209 g/mol. The van der Waals surface area contributed by atoms with Crippen LogP contribution >= 0.6 is 0 Å². The molecule has 2 atom stereocenters. The van der Waals surface area contributed by atoms with Crippen molar-refractivity contribution >= 4 is 0 Å². The van der Waals surface area contributed by atoms with Crippen molar-refractivity contribution in [1.29, 1.82) is 0 Å². The van der Waals surface area contributed by atoms with Gasteiger partial charge in [0.1, 0.15) is 5.75 Å². The van der Waals surface area contributed by atoms with Gasteiger partial charge in [0, 0.05) is 0 Å². The Morgan fingerprint density at radius 3 is 2.13 bits per heavy atom. The number of aliphatic hydroxyl groups is 1. The number of hydrogen-bond acceptors (Lipinski definition) is 3. The van der Waals surface area contributed by atoms with Crippen LogP contribution in [0, 0.1) is 5.92 Å². The van der Waals surface area contributed by atoms with Crippen LogP contribution in [0.3, 0.4) is 0 Å². The molecular formula is C12H19NO2. The molecule has 84 valence electrons. The van der Waals surface area contributed by atoms with Gasteiger partial charge in [-0.2, -0.15) is 0 Å². The van der Waals surface area contributed by atoms with E-state index in [-0.39, 0.29) is 12.0 Å². The van der Waals surface area contributed by atoms with E-state index in [9.17, 15) is 5.11 Å². The molecule has 0 aliphatic carbocycles. The number of benzene rings is 1. The minimum atomic E-state index is -0.515. The zero-order valence-corrected chi connectivity index (χ0v) is 9.47. The average molecular weight is 209 g/mol. The standard InChI is InChI=1S/C12H19NO2/c1-8(2)12(14)11(13)9-4-6-10(15-3)7-5-9/h4-8,11-12,14H,13H2,1-3H3/t11-,12+/m0/s1. The highest BCUT2D eigenvalue weighted by Crippen LogP contribution is 2.21. The second kappa shape index (κ2) is 5.14. The highest BCUT2D eigenvalue weighted by Gasteiger charge is 2.19. The fourth-order valence-electron chi connectivity index (χ4n) is 1.44. The van der Waals surface area contributed by atoms with Crippen molar-refractivity contribution in [2.45, 2.75) is 26.0 Å². The molecule has 1 rings (SSSR count). The van der Waals surface area contributed by atoms with Gasteiger partial charge in [0.2, 0.25) is 0 Å². The van der Waals surface area contributed by atoms with Crippen molar-refractivity contribution in [2.24, 2.45) is 11.7 Å². The molecule has 15 heavy (non-hydrogen) atoms. The van der Waals surface area contributed by atoms with Gasteiger partial charge < -0.3 is 15.6 Å². The van der Waals surface area contributed by atoms with E-state index in [1.807, 2.05) is 38.1 Å². The maximum absolute atomic E-state index is 9.82. The van der Waals surface area contributed by atoms with E-state index in [2.05, 4.69) is 0 Å². The topological polar surface area (TPSA) is 55.5 Å². The first-order valence-corrected chi connectivity index (χ1v) is 5.14. The first-order chi connectivity index (χ1) is 7.06. The largest absolute Gasteiger partial charge is 0.497 e. The fraction of sp³-hybridized carbons (Fsp3) is 0.500. The molecule has 0 radical (unpaired) electrons. The minimum absolute atomic E-state index is 0.155. The minimum Gasteiger partial charge on any atom is -0.497 e. The fourth-order valence-corrected chi connectivity index (χ4v) is 1.44. The van der Waals surface area contributed by atoms with E-state index >= 15 is 0 Å². The Morgan fingerprint density at radius 2 is 1.73 bits per heavy atom. The number of rotatable bonds is 4. The number of methoxy groups -OCH3 is 1. The molecule has 0 saturated heterocycles. The molecular weight excluding hydrogens is 190 g/mol. The molecule has 0 heterocycles. The molecule has 0 aromatic heterocycles. The van der Waals surface area contributed by atoms with Crippen LogP contribution < -0.4 is 10.5 Å². The van der Waals surface area contributed by atoms with E-state index in [4.69, 9.17) is 10.5 Å². The van der Waals surface area contributed by atoms with E-state index in [1.165, 1.54) is 0 Å². The summed E-state index contributed by atoms with van der Waals surface area (Å²) in [5.41, 5.74) is 6.87. The van der Waals surface area contributed by atoms with Crippen molar-refractivity contribution in [1.82, 2.24) is 0 Å². The lowest BCUT2D eigenvalue weighted by molar-refractivity contribution is 0.0979. The van der Waals surface area contributed by atoms with Gasteiger partial charge >= 0.3 is 0 Å². The van der Waals surface area contributed by atoms with Crippen molar-refractivity contribution in [3.05, 3.63) is 29.8 Å². The van der Waals surface area contributed by atoms with Gasteiger partial charge in [-0.05, 0) is 23.6 Å². The SMILES string of the molecule is COc1ccc([C@H](N)[C@H](O)C(C)C)cc1. The first kappa shape index (κ1) is 12.0. The highest BCUT2D eigenvalue weighted by atomic mass is 16.5. The van der Waals surface area contributed by atoms with Gasteiger partial charge in [0.05, 0.1) is 19.3 Å². The summed E-state index contributed by atoms with van der Waals surface area (Å²) in [6.45, 7) is 3.90. The van der Waals surface area contributed by atoms with Crippen LogP contribution in [0.25, 0.3) is 0 Å². The van der Waals surface area contributed by atoms with E-state index in [1.54, 1.807) is 7.11 Å². The molecule has 0 aliphatic rings. The van der Waals surface area contributed by atoms with Crippen molar-refractivity contribution in [3.63, 3.8) is 0 Å². The Labute approximate surface area is 90.9 Å². The van der Waals surface area contributed by atoms with E-state index in [0.29, 0.717) is 0 Å².